The van der Waals surface area contributed by atoms with Crippen LogP contribution in [-0.2, 0) is 0 Å². The molecule has 3 heteroatoms. The first-order chi connectivity index (χ1) is 5.88. The molecular weight excluding hydrogens is 150 g/mol. The van der Waals surface area contributed by atoms with Crippen LogP contribution >= 0.6 is 0 Å². The summed E-state index contributed by atoms with van der Waals surface area (Å²) in [5.74, 6) is 0.780. The van der Waals surface area contributed by atoms with Crippen molar-refractivity contribution in [2.75, 3.05) is 5.73 Å². The average Bonchev–Trinajstić information content (AvgIpc) is 2.57. The minimum absolute atomic E-state index is 0.689. The lowest BCUT2D eigenvalue weighted by Crippen LogP contribution is -1.99. The second kappa shape index (κ2) is 2.70. The van der Waals surface area contributed by atoms with Crippen LogP contribution in [0.2, 0.25) is 0 Å². The molecule has 0 unspecified atom stereocenters. The third-order valence-corrected chi connectivity index (χ3v) is 1.67. The number of pyridine rings is 1. The number of aromatic nitrogens is 2. The molecule has 0 radical (unpaired) electrons. The van der Waals surface area contributed by atoms with E-state index in [1.165, 1.54) is 0 Å². The van der Waals surface area contributed by atoms with Gasteiger partial charge in [-0.05, 0) is 24.3 Å². The molecule has 0 aliphatic rings. The Balaban J connectivity index is 2.55. The van der Waals surface area contributed by atoms with E-state index in [-0.39, 0.29) is 0 Å². The van der Waals surface area contributed by atoms with Crippen LogP contribution in [0.25, 0.3) is 5.82 Å². The van der Waals surface area contributed by atoms with Gasteiger partial charge in [-0.3, -0.25) is 0 Å². The van der Waals surface area contributed by atoms with Gasteiger partial charge in [0.05, 0.1) is 5.69 Å². The van der Waals surface area contributed by atoms with Gasteiger partial charge < -0.3 is 10.3 Å². The van der Waals surface area contributed by atoms with Crippen LogP contribution in [0.15, 0.2) is 42.9 Å². The maximum Gasteiger partial charge on any atom is 0.159 e. The molecule has 2 aromatic heterocycles. The predicted octanol–water partition coefficient (Wildman–Crippen LogP) is 1.45. The summed E-state index contributed by atoms with van der Waals surface area (Å²) >= 11 is 0. The minimum atomic E-state index is 0.689. The van der Waals surface area contributed by atoms with E-state index in [2.05, 4.69) is 4.98 Å². The smallest absolute Gasteiger partial charge is 0.159 e. The standard InChI is InChI=1S/C9H9N3/c10-8-4-3-5-11-9(8)12-6-1-2-7-12/h1-7H,10H2. The first-order valence-electron chi connectivity index (χ1n) is 3.72. The third-order valence-electron chi connectivity index (χ3n) is 1.67. The highest BCUT2D eigenvalue weighted by Crippen LogP contribution is 2.12. The first kappa shape index (κ1) is 6.91. The quantitative estimate of drug-likeness (QED) is 0.684. The van der Waals surface area contributed by atoms with Crippen LogP contribution in [0, 0.1) is 0 Å². The maximum absolute atomic E-state index is 5.73. The van der Waals surface area contributed by atoms with Gasteiger partial charge in [-0.25, -0.2) is 4.98 Å². The van der Waals surface area contributed by atoms with E-state index in [0.29, 0.717) is 5.69 Å². The Morgan fingerprint density at radius 1 is 1.17 bits per heavy atom. The Kier molecular flexibility index (Phi) is 1.55. The molecule has 0 aliphatic heterocycles. The molecule has 0 saturated heterocycles. The summed E-state index contributed by atoms with van der Waals surface area (Å²) in [4.78, 5) is 4.16. The van der Waals surface area contributed by atoms with Crippen molar-refractivity contribution in [2.24, 2.45) is 0 Å². The lowest BCUT2D eigenvalue weighted by Gasteiger charge is -2.03. The molecule has 2 aromatic rings. The fourth-order valence-electron chi connectivity index (χ4n) is 1.10. The summed E-state index contributed by atoms with van der Waals surface area (Å²) in [5, 5.41) is 0. The van der Waals surface area contributed by atoms with Gasteiger partial charge in [-0.2, -0.15) is 0 Å². The van der Waals surface area contributed by atoms with Crippen molar-refractivity contribution in [3.63, 3.8) is 0 Å². The summed E-state index contributed by atoms with van der Waals surface area (Å²) in [7, 11) is 0. The van der Waals surface area contributed by atoms with Crippen molar-refractivity contribution in [3.8, 4) is 5.82 Å². The number of nitrogens with two attached hydrogens (primary N) is 1. The van der Waals surface area contributed by atoms with Gasteiger partial charge in [0.15, 0.2) is 5.82 Å². The van der Waals surface area contributed by atoms with Crippen molar-refractivity contribution < 1.29 is 0 Å². The first-order valence-corrected chi connectivity index (χ1v) is 3.72. The Bertz CT molecular complexity index is 365. The fourth-order valence-corrected chi connectivity index (χ4v) is 1.10. The molecule has 0 amide bonds. The third kappa shape index (κ3) is 1.05. The molecule has 0 atom stereocenters. The van der Waals surface area contributed by atoms with Crippen molar-refractivity contribution in [1.82, 2.24) is 9.55 Å². The molecule has 60 valence electrons. The summed E-state index contributed by atoms with van der Waals surface area (Å²) in [6, 6.07) is 7.53. The lowest BCUT2D eigenvalue weighted by molar-refractivity contribution is 1.01. The molecular formula is C9H9N3. The molecule has 0 saturated carbocycles. The summed E-state index contributed by atoms with van der Waals surface area (Å²) in [6.07, 6.45) is 5.56. The molecule has 12 heavy (non-hydrogen) atoms. The Labute approximate surface area is 70.5 Å². The molecule has 2 heterocycles. The summed E-state index contributed by atoms with van der Waals surface area (Å²) < 4.78 is 1.88. The van der Waals surface area contributed by atoms with Crippen LogP contribution < -0.4 is 5.73 Å². The van der Waals surface area contributed by atoms with Gasteiger partial charge in [0.25, 0.3) is 0 Å². The summed E-state index contributed by atoms with van der Waals surface area (Å²) in [5.41, 5.74) is 6.42. The number of hydrogen-bond donors (Lipinski definition) is 1. The lowest BCUT2D eigenvalue weighted by atomic mass is 10.4. The zero-order valence-electron chi connectivity index (χ0n) is 6.51. The largest absolute Gasteiger partial charge is 0.396 e. The predicted molar refractivity (Wildman–Crippen MR) is 48.0 cm³/mol. The average molecular weight is 159 g/mol. The second-order valence-electron chi connectivity index (χ2n) is 2.51. The highest BCUT2D eigenvalue weighted by molar-refractivity contribution is 5.52. The number of hydrogen-bond acceptors (Lipinski definition) is 2. The van der Waals surface area contributed by atoms with Crippen molar-refractivity contribution >= 4 is 5.69 Å². The number of rotatable bonds is 1. The van der Waals surface area contributed by atoms with Gasteiger partial charge in [-0.15, -0.1) is 0 Å². The molecule has 0 aromatic carbocycles. The Hall–Kier alpha value is -1.77. The van der Waals surface area contributed by atoms with E-state index >= 15 is 0 Å². The van der Waals surface area contributed by atoms with E-state index in [9.17, 15) is 0 Å². The van der Waals surface area contributed by atoms with Crippen molar-refractivity contribution in [2.45, 2.75) is 0 Å². The zero-order chi connectivity index (χ0) is 8.39. The van der Waals surface area contributed by atoms with E-state index in [1.807, 2.05) is 41.2 Å². The normalized spacial score (nSPS) is 10.0. The van der Waals surface area contributed by atoms with Gasteiger partial charge >= 0.3 is 0 Å². The molecule has 3 nitrogen and oxygen atoms in total. The molecule has 0 fully saturated rings. The minimum Gasteiger partial charge on any atom is -0.396 e. The molecule has 2 rings (SSSR count). The van der Waals surface area contributed by atoms with E-state index in [1.54, 1.807) is 6.20 Å². The van der Waals surface area contributed by atoms with Crippen LogP contribution in [0.4, 0.5) is 5.69 Å². The topological polar surface area (TPSA) is 43.8 Å². The Morgan fingerprint density at radius 2 is 1.92 bits per heavy atom. The van der Waals surface area contributed by atoms with Crippen molar-refractivity contribution in [1.29, 1.82) is 0 Å². The highest BCUT2D eigenvalue weighted by Gasteiger charge is 1.98. The van der Waals surface area contributed by atoms with Crippen LogP contribution in [0.3, 0.4) is 0 Å². The van der Waals surface area contributed by atoms with E-state index in [4.69, 9.17) is 5.73 Å². The maximum atomic E-state index is 5.73. The monoisotopic (exact) mass is 159 g/mol. The molecule has 0 aliphatic carbocycles. The van der Waals surface area contributed by atoms with E-state index in [0.717, 1.165) is 5.82 Å². The van der Waals surface area contributed by atoms with Crippen LogP contribution in [0.1, 0.15) is 0 Å². The van der Waals surface area contributed by atoms with E-state index < -0.39 is 0 Å². The fraction of sp³-hybridized carbons (Fsp3) is 0. The van der Waals surface area contributed by atoms with Gasteiger partial charge in [0.1, 0.15) is 0 Å². The molecule has 2 N–H and O–H groups in total. The van der Waals surface area contributed by atoms with Crippen LogP contribution in [0.5, 0.6) is 0 Å². The van der Waals surface area contributed by atoms with Crippen molar-refractivity contribution in [3.05, 3.63) is 42.9 Å². The van der Waals surface area contributed by atoms with Gasteiger partial charge in [0.2, 0.25) is 0 Å². The number of anilines is 1. The SMILES string of the molecule is Nc1cccnc1-n1cccc1. The van der Waals surface area contributed by atoms with Gasteiger partial charge in [0, 0.05) is 18.6 Å². The second-order valence-corrected chi connectivity index (χ2v) is 2.51. The van der Waals surface area contributed by atoms with Crippen LogP contribution in [-0.4, -0.2) is 9.55 Å². The molecule has 0 spiro atoms. The van der Waals surface area contributed by atoms with Gasteiger partial charge in [-0.1, -0.05) is 0 Å². The molecule has 0 bridgehead atoms. The number of nitrogen functional groups attached to an aromatic ring is 1. The summed E-state index contributed by atoms with van der Waals surface area (Å²) in [6.45, 7) is 0. The highest BCUT2D eigenvalue weighted by atomic mass is 15.0. The Morgan fingerprint density at radius 3 is 2.58 bits per heavy atom. The zero-order valence-corrected chi connectivity index (χ0v) is 6.51. The number of nitrogens with zero attached hydrogens (tertiary/aromatic N) is 2.